The van der Waals surface area contributed by atoms with Crippen molar-refractivity contribution in [3.8, 4) is 0 Å². The topological polar surface area (TPSA) is 65.1 Å². The van der Waals surface area contributed by atoms with Gasteiger partial charge in [0.15, 0.2) is 0 Å². The third-order valence-electron chi connectivity index (χ3n) is 5.68. The van der Waals surface area contributed by atoms with Gasteiger partial charge < -0.3 is 19.9 Å². The largest absolute Gasteiger partial charge is 0.378 e. The van der Waals surface area contributed by atoms with E-state index in [1.807, 2.05) is 28.0 Å². The molecule has 1 atom stereocenters. The number of hydrogen-bond acceptors (Lipinski definition) is 4. The van der Waals surface area contributed by atoms with Gasteiger partial charge in [-0.1, -0.05) is 18.2 Å². The van der Waals surface area contributed by atoms with Gasteiger partial charge in [0.1, 0.15) is 0 Å². The maximum absolute atomic E-state index is 12.8. The SMILES string of the molecule is O=C(NC1CCCN(CC(=O)N2CCc3ccccc32)C1)N1CCOCC1. The van der Waals surface area contributed by atoms with Crippen molar-refractivity contribution in [3.05, 3.63) is 29.8 Å². The molecule has 3 aliphatic heterocycles. The third kappa shape index (κ3) is 4.25. The number of morpholine rings is 1. The first-order chi connectivity index (χ1) is 13.2. The van der Waals surface area contributed by atoms with Crippen molar-refractivity contribution >= 4 is 17.6 Å². The molecule has 1 aromatic rings. The summed E-state index contributed by atoms with van der Waals surface area (Å²) in [5, 5.41) is 3.14. The van der Waals surface area contributed by atoms with Crippen LogP contribution in [-0.4, -0.2) is 80.3 Å². The Morgan fingerprint density at radius 3 is 2.78 bits per heavy atom. The highest BCUT2D eigenvalue weighted by molar-refractivity contribution is 5.96. The third-order valence-corrected chi connectivity index (χ3v) is 5.68. The van der Waals surface area contributed by atoms with Crippen molar-refractivity contribution in [2.24, 2.45) is 0 Å². The lowest BCUT2D eigenvalue weighted by Gasteiger charge is -2.35. The number of nitrogens with one attached hydrogen (secondary N) is 1. The Bertz CT molecular complexity index is 690. The summed E-state index contributed by atoms with van der Waals surface area (Å²) >= 11 is 0. The van der Waals surface area contributed by atoms with E-state index in [9.17, 15) is 9.59 Å². The summed E-state index contributed by atoms with van der Waals surface area (Å²) in [6.07, 6.45) is 2.89. The Morgan fingerprint density at radius 2 is 1.93 bits per heavy atom. The van der Waals surface area contributed by atoms with Crippen molar-refractivity contribution in [1.82, 2.24) is 15.1 Å². The van der Waals surface area contributed by atoms with Crippen LogP contribution in [0.3, 0.4) is 0 Å². The van der Waals surface area contributed by atoms with E-state index in [1.165, 1.54) is 5.56 Å². The lowest BCUT2D eigenvalue weighted by molar-refractivity contribution is -0.119. The van der Waals surface area contributed by atoms with Crippen molar-refractivity contribution in [3.63, 3.8) is 0 Å². The molecule has 3 aliphatic rings. The van der Waals surface area contributed by atoms with E-state index in [-0.39, 0.29) is 18.0 Å². The maximum atomic E-state index is 12.8. The summed E-state index contributed by atoms with van der Waals surface area (Å²) in [6.45, 7) is 5.33. The zero-order valence-corrected chi connectivity index (χ0v) is 15.7. The monoisotopic (exact) mass is 372 g/mol. The number of para-hydroxylation sites is 1. The van der Waals surface area contributed by atoms with Crippen molar-refractivity contribution in [2.45, 2.75) is 25.3 Å². The summed E-state index contributed by atoms with van der Waals surface area (Å²) in [4.78, 5) is 31.1. The van der Waals surface area contributed by atoms with Gasteiger partial charge in [0.05, 0.1) is 19.8 Å². The van der Waals surface area contributed by atoms with Crippen LogP contribution >= 0.6 is 0 Å². The predicted molar refractivity (Wildman–Crippen MR) is 103 cm³/mol. The number of likely N-dealkylation sites (tertiary alicyclic amines) is 1. The number of fused-ring (bicyclic) bond motifs is 1. The lowest BCUT2D eigenvalue weighted by atomic mass is 10.1. The van der Waals surface area contributed by atoms with Gasteiger partial charge in [-0.25, -0.2) is 4.79 Å². The van der Waals surface area contributed by atoms with Crippen molar-refractivity contribution in [1.29, 1.82) is 0 Å². The van der Waals surface area contributed by atoms with Gasteiger partial charge in [0, 0.05) is 37.9 Å². The second kappa shape index (κ2) is 8.27. The van der Waals surface area contributed by atoms with Crippen LogP contribution in [-0.2, 0) is 16.0 Å². The van der Waals surface area contributed by atoms with Crippen LogP contribution in [0.1, 0.15) is 18.4 Å². The molecule has 3 amide bonds. The van der Waals surface area contributed by atoms with Crippen molar-refractivity contribution < 1.29 is 14.3 Å². The molecule has 0 bridgehead atoms. The summed E-state index contributed by atoms with van der Waals surface area (Å²) in [5.74, 6) is 0.153. The smallest absolute Gasteiger partial charge is 0.317 e. The number of piperidine rings is 1. The minimum Gasteiger partial charge on any atom is -0.378 e. The van der Waals surface area contributed by atoms with Gasteiger partial charge in [-0.15, -0.1) is 0 Å². The number of hydrogen-bond donors (Lipinski definition) is 1. The fourth-order valence-corrected chi connectivity index (χ4v) is 4.22. The fraction of sp³-hybridized carbons (Fsp3) is 0.600. The number of amides is 3. The second-order valence-corrected chi connectivity index (χ2v) is 7.55. The van der Waals surface area contributed by atoms with Crippen molar-refractivity contribution in [2.75, 3.05) is 57.4 Å². The molecule has 27 heavy (non-hydrogen) atoms. The Balaban J connectivity index is 1.29. The minimum absolute atomic E-state index is 0.00931. The Kier molecular flexibility index (Phi) is 5.59. The number of carbonyl (C=O) groups excluding carboxylic acids is 2. The second-order valence-electron chi connectivity index (χ2n) is 7.55. The van der Waals surface area contributed by atoms with Crippen LogP contribution in [0.25, 0.3) is 0 Å². The Labute approximate surface area is 160 Å². The van der Waals surface area contributed by atoms with E-state index in [1.54, 1.807) is 0 Å². The molecule has 4 rings (SSSR count). The molecule has 2 saturated heterocycles. The Hall–Kier alpha value is -2.12. The first kappa shape index (κ1) is 18.3. The van der Waals surface area contributed by atoms with Crippen LogP contribution in [0.15, 0.2) is 24.3 Å². The number of ether oxygens (including phenoxy) is 1. The van der Waals surface area contributed by atoms with Crippen LogP contribution in [0, 0.1) is 0 Å². The highest BCUT2D eigenvalue weighted by Gasteiger charge is 2.29. The summed E-state index contributed by atoms with van der Waals surface area (Å²) in [5.41, 5.74) is 2.30. The van der Waals surface area contributed by atoms with E-state index in [4.69, 9.17) is 4.74 Å². The van der Waals surface area contributed by atoms with E-state index >= 15 is 0 Å². The molecule has 146 valence electrons. The minimum atomic E-state index is -0.00931. The zero-order valence-electron chi connectivity index (χ0n) is 15.7. The van der Waals surface area contributed by atoms with Crippen LogP contribution < -0.4 is 10.2 Å². The molecule has 1 unspecified atom stereocenters. The average molecular weight is 372 g/mol. The van der Waals surface area contributed by atoms with E-state index in [0.717, 1.165) is 44.6 Å². The highest BCUT2D eigenvalue weighted by atomic mass is 16.5. The van der Waals surface area contributed by atoms with E-state index < -0.39 is 0 Å². The van der Waals surface area contributed by atoms with Gasteiger partial charge in [0.2, 0.25) is 5.91 Å². The van der Waals surface area contributed by atoms with Crippen LogP contribution in [0.5, 0.6) is 0 Å². The van der Waals surface area contributed by atoms with Gasteiger partial charge in [0.25, 0.3) is 0 Å². The standard InChI is InChI=1S/C20H28N4O3/c25-19(24-9-7-16-4-1-2-6-18(16)24)15-22-8-3-5-17(14-22)21-20(26)23-10-12-27-13-11-23/h1-2,4,6,17H,3,5,7-15H2,(H,21,26). The van der Waals surface area contributed by atoms with Crippen LogP contribution in [0.4, 0.5) is 10.5 Å². The highest BCUT2D eigenvalue weighted by Crippen LogP contribution is 2.27. The Morgan fingerprint density at radius 1 is 1.11 bits per heavy atom. The summed E-state index contributed by atoms with van der Waals surface area (Å²) in [7, 11) is 0. The molecule has 1 N–H and O–H groups in total. The number of carbonyl (C=O) groups is 2. The van der Waals surface area contributed by atoms with Gasteiger partial charge in [-0.3, -0.25) is 9.69 Å². The molecular weight excluding hydrogens is 344 g/mol. The number of benzene rings is 1. The molecule has 2 fully saturated rings. The lowest BCUT2D eigenvalue weighted by Crippen LogP contribution is -2.54. The van der Waals surface area contributed by atoms with Gasteiger partial charge in [-0.2, -0.15) is 0 Å². The molecule has 1 aromatic carbocycles. The zero-order chi connectivity index (χ0) is 18.6. The molecule has 3 heterocycles. The molecule has 7 nitrogen and oxygen atoms in total. The van der Waals surface area contributed by atoms with Gasteiger partial charge in [-0.05, 0) is 37.4 Å². The molecule has 0 saturated carbocycles. The summed E-state index contributed by atoms with van der Waals surface area (Å²) in [6, 6.07) is 8.24. The first-order valence-corrected chi connectivity index (χ1v) is 9.94. The van der Waals surface area contributed by atoms with E-state index in [2.05, 4.69) is 16.3 Å². The van der Waals surface area contributed by atoms with Gasteiger partial charge >= 0.3 is 6.03 Å². The number of nitrogens with zero attached hydrogens (tertiary/aromatic N) is 3. The molecule has 0 spiro atoms. The maximum Gasteiger partial charge on any atom is 0.317 e. The number of anilines is 1. The molecular formula is C20H28N4O3. The fourth-order valence-electron chi connectivity index (χ4n) is 4.22. The predicted octanol–water partition coefficient (Wildman–Crippen LogP) is 1.08. The van der Waals surface area contributed by atoms with E-state index in [0.29, 0.717) is 32.8 Å². The van der Waals surface area contributed by atoms with Crippen LogP contribution in [0.2, 0.25) is 0 Å². The molecule has 7 heteroatoms. The molecule has 0 aromatic heterocycles. The first-order valence-electron chi connectivity index (χ1n) is 9.94. The average Bonchev–Trinajstić information content (AvgIpc) is 3.13. The quantitative estimate of drug-likeness (QED) is 0.862. The molecule has 0 radical (unpaired) electrons. The molecule has 0 aliphatic carbocycles. The number of urea groups is 1. The number of rotatable bonds is 3. The summed E-state index contributed by atoms with van der Waals surface area (Å²) < 4.78 is 5.30. The normalized spacial score (nSPS) is 23.2.